The minimum Gasteiger partial charge on any atom is -0.352 e. The summed E-state index contributed by atoms with van der Waals surface area (Å²) in [6.45, 7) is 3.47. The molecule has 0 saturated carbocycles. The van der Waals surface area contributed by atoms with Crippen LogP contribution in [0, 0.1) is 0 Å². The fourth-order valence-electron chi connectivity index (χ4n) is 2.57. The Morgan fingerprint density at radius 2 is 1.83 bits per heavy atom. The molecule has 0 spiro atoms. The number of nitrogens with zero attached hydrogens (tertiary/aromatic N) is 1. The van der Waals surface area contributed by atoms with Gasteiger partial charge in [0.25, 0.3) is 0 Å². The van der Waals surface area contributed by atoms with Gasteiger partial charge in [-0.3, -0.25) is 4.79 Å². The van der Waals surface area contributed by atoms with E-state index in [-0.39, 0.29) is 24.4 Å². The summed E-state index contributed by atoms with van der Waals surface area (Å²) in [4.78, 5) is 12.0. The largest absolute Gasteiger partial charge is 0.352 e. The highest BCUT2D eigenvalue weighted by atomic mass is 35.5. The first-order valence-corrected chi connectivity index (χ1v) is 9.46. The molecule has 0 bridgehead atoms. The maximum absolute atomic E-state index is 12.4. The highest BCUT2D eigenvalue weighted by Crippen LogP contribution is 2.21. The minimum absolute atomic E-state index is 0. The Balaban J connectivity index is 0.00000288. The summed E-state index contributed by atoms with van der Waals surface area (Å²) in [5, 5.41) is 2.81. The summed E-state index contributed by atoms with van der Waals surface area (Å²) < 4.78 is 26.4. The molecule has 0 aliphatic carbocycles. The molecule has 1 amide bonds. The molecule has 0 radical (unpaired) electrons. The fourth-order valence-corrected chi connectivity index (χ4v) is 4.09. The molecule has 6 nitrogen and oxygen atoms in total. The van der Waals surface area contributed by atoms with E-state index in [1.54, 1.807) is 24.3 Å². The summed E-state index contributed by atoms with van der Waals surface area (Å²) in [6, 6.07) is 6.79. The smallest absolute Gasteiger partial charge is 0.243 e. The third kappa shape index (κ3) is 5.44. The standard InChI is InChI=1S/C16H25N3O3S.ClH/c1-13(12-17)18-16(20)9-6-14-4-7-15(8-5-14)23(21,22)19-10-2-3-11-19;/h4-5,7-8,13H,2-3,6,9-12,17H2,1H3,(H,18,20);1H/t13-;/m0./s1. The number of benzene rings is 1. The number of hydrogen-bond donors (Lipinski definition) is 2. The van der Waals surface area contributed by atoms with Gasteiger partial charge < -0.3 is 11.1 Å². The number of sulfonamides is 1. The quantitative estimate of drug-likeness (QED) is 0.751. The number of hydrogen-bond acceptors (Lipinski definition) is 4. The SMILES string of the molecule is C[C@@H](CN)NC(=O)CCc1ccc(S(=O)(=O)N2CCCC2)cc1.Cl. The predicted molar refractivity (Wildman–Crippen MR) is 96.7 cm³/mol. The van der Waals surface area contributed by atoms with Crippen molar-refractivity contribution in [1.82, 2.24) is 9.62 Å². The maximum atomic E-state index is 12.4. The minimum atomic E-state index is -3.37. The first-order chi connectivity index (χ1) is 10.9. The fraction of sp³-hybridized carbons (Fsp3) is 0.562. The van der Waals surface area contributed by atoms with E-state index >= 15 is 0 Å². The van der Waals surface area contributed by atoms with Crippen molar-refractivity contribution in [3.63, 3.8) is 0 Å². The molecule has 1 aromatic carbocycles. The number of nitrogens with one attached hydrogen (secondary N) is 1. The summed E-state index contributed by atoms with van der Waals surface area (Å²) >= 11 is 0. The number of rotatable bonds is 7. The van der Waals surface area contributed by atoms with Crippen molar-refractivity contribution < 1.29 is 13.2 Å². The van der Waals surface area contributed by atoms with Crippen LogP contribution in [0.3, 0.4) is 0 Å². The van der Waals surface area contributed by atoms with Gasteiger partial charge in [0.05, 0.1) is 4.90 Å². The van der Waals surface area contributed by atoms with E-state index < -0.39 is 10.0 Å². The van der Waals surface area contributed by atoms with E-state index in [9.17, 15) is 13.2 Å². The molecule has 0 aromatic heterocycles. The van der Waals surface area contributed by atoms with Gasteiger partial charge >= 0.3 is 0 Å². The lowest BCUT2D eigenvalue weighted by atomic mass is 10.1. The second kappa shape index (κ2) is 9.36. The van der Waals surface area contributed by atoms with Crippen molar-refractivity contribution in [2.45, 2.75) is 43.5 Å². The molecule has 2 rings (SSSR count). The van der Waals surface area contributed by atoms with Gasteiger partial charge in [-0.05, 0) is 43.9 Å². The molecule has 3 N–H and O–H groups in total. The summed E-state index contributed by atoms with van der Waals surface area (Å²) in [7, 11) is -3.37. The number of amides is 1. The molecule has 1 saturated heterocycles. The average Bonchev–Trinajstić information content (AvgIpc) is 3.08. The predicted octanol–water partition coefficient (Wildman–Crippen LogP) is 1.29. The molecule has 8 heteroatoms. The van der Waals surface area contributed by atoms with E-state index in [1.165, 1.54) is 4.31 Å². The molecular formula is C16H26ClN3O3S. The first kappa shape index (κ1) is 20.9. The van der Waals surface area contributed by atoms with Crippen molar-refractivity contribution in [1.29, 1.82) is 0 Å². The van der Waals surface area contributed by atoms with Crippen LogP contribution in [0.15, 0.2) is 29.2 Å². The van der Waals surface area contributed by atoms with Crippen LogP contribution >= 0.6 is 12.4 Å². The van der Waals surface area contributed by atoms with Crippen LogP contribution in [0.2, 0.25) is 0 Å². The Hall–Kier alpha value is -1.15. The van der Waals surface area contributed by atoms with Gasteiger partial charge in [-0.25, -0.2) is 8.42 Å². The van der Waals surface area contributed by atoms with Crippen LogP contribution < -0.4 is 11.1 Å². The van der Waals surface area contributed by atoms with Gasteiger partial charge in [0, 0.05) is 32.1 Å². The maximum Gasteiger partial charge on any atom is 0.243 e. The molecular weight excluding hydrogens is 350 g/mol. The molecule has 136 valence electrons. The van der Waals surface area contributed by atoms with Crippen molar-refractivity contribution >= 4 is 28.3 Å². The number of carbonyl (C=O) groups excluding carboxylic acids is 1. The molecule has 24 heavy (non-hydrogen) atoms. The van der Waals surface area contributed by atoms with Crippen molar-refractivity contribution in [2.75, 3.05) is 19.6 Å². The van der Waals surface area contributed by atoms with Crippen molar-refractivity contribution in [2.24, 2.45) is 5.73 Å². The van der Waals surface area contributed by atoms with Gasteiger partial charge in [-0.15, -0.1) is 12.4 Å². The Bertz CT molecular complexity index is 628. The zero-order valence-corrected chi connectivity index (χ0v) is 15.5. The van der Waals surface area contributed by atoms with Crippen molar-refractivity contribution in [3.05, 3.63) is 29.8 Å². The van der Waals surface area contributed by atoms with E-state index in [1.807, 2.05) is 6.92 Å². The third-order valence-corrected chi connectivity index (χ3v) is 5.94. The lowest BCUT2D eigenvalue weighted by Crippen LogP contribution is -2.37. The van der Waals surface area contributed by atoms with Crippen LogP contribution in [0.25, 0.3) is 0 Å². The van der Waals surface area contributed by atoms with E-state index in [0.29, 0.717) is 37.4 Å². The van der Waals surface area contributed by atoms with Crippen LogP contribution in [-0.4, -0.2) is 44.3 Å². The Kier molecular flexibility index (Phi) is 8.15. The Labute approximate surface area is 150 Å². The van der Waals surface area contributed by atoms with Gasteiger partial charge in [-0.1, -0.05) is 12.1 Å². The highest BCUT2D eigenvalue weighted by molar-refractivity contribution is 7.89. The van der Waals surface area contributed by atoms with Crippen LogP contribution in [0.4, 0.5) is 0 Å². The second-order valence-corrected chi connectivity index (χ2v) is 7.90. The molecule has 1 heterocycles. The molecule has 1 atom stereocenters. The highest BCUT2D eigenvalue weighted by Gasteiger charge is 2.26. The lowest BCUT2D eigenvalue weighted by molar-refractivity contribution is -0.121. The first-order valence-electron chi connectivity index (χ1n) is 8.02. The molecule has 1 aromatic rings. The topological polar surface area (TPSA) is 92.5 Å². The third-order valence-electron chi connectivity index (χ3n) is 4.03. The summed E-state index contributed by atoms with van der Waals surface area (Å²) in [5.74, 6) is -0.0447. The van der Waals surface area contributed by atoms with Gasteiger partial charge in [0.2, 0.25) is 15.9 Å². The lowest BCUT2D eigenvalue weighted by Gasteiger charge is -2.15. The normalized spacial score (nSPS) is 16.4. The average molecular weight is 376 g/mol. The molecule has 0 unspecified atom stereocenters. The van der Waals surface area contributed by atoms with E-state index in [0.717, 1.165) is 18.4 Å². The number of carbonyl (C=O) groups is 1. The van der Waals surface area contributed by atoms with Gasteiger partial charge in [-0.2, -0.15) is 4.31 Å². The van der Waals surface area contributed by atoms with E-state index in [4.69, 9.17) is 5.73 Å². The zero-order valence-electron chi connectivity index (χ0n) is 13.9. The zero-order chi connectivity index (χ0) is 16.9. The number of aryl methyl sites for hydroxylation is 1. The molecule has 1 aliphatic rings. The molecule has 1 aliphatic heterocycles. The van der Waals surface area contributed by atoms with Crippen molar-refractivity contribution in [3.8, 4) is 0 Å². The summed E-state index contributed by atoms with van der Waals surface area (Å²) in [5.41, 5.74) is 6.41. The van der Waals surface area contributed by atoms with Gasteiger partial charge in [0.15, 0.2) is 0 Å². The Morgan fingerprint density at radius 1 is 1.25 bits per heavy atom. The Morgan fingerprint density at radius 3 is 2.38 bits per heavy atom. The summed E-state index contributed by atoms with van der Waals surface area (Å²) in [6.07, 6.45) is 2.79. The second-order valence-electron chi connectivity index (χ2n) is 5.96. The van der Waals surface area contributed by atoms with Crippen LogP contribution in [-0.2, 0) is 21.2 Å². The van der Waals surface area contributed by atoms with Crippen LogP contribution in [0.5, 0.6) is 0 Å². The van der Waals surface area contributed by atoms with E-state index in [2.05, 4.69) is 5.32 Å². The number of nitrogens with two attached hydrogens (primary N) is 1. The van der Waals surface area contributed by atoms with Crippen LogP contribution in [0.1, 0.15) is 31.7 Å². The monoisotopic (exact) mass is 375 g/mol. The molecule has 1 fully saturated rings. The van der Waals surface area contributed by atoms with Gasteiger partial charge in [0.1, 0.15) is 0 Å². The number of halogens is 1.